The van der Waals surface area contributed by atoms with E-state index in [0.717, 1.165) is 51.4 Å². The third kappa shape index (κ3) is 2.87. The van der Waals surface area contributed by atoms with Crippen molar-refractivity contribution in [3.05, 3.63) is 11.6 Å². The first-order chi connectivity index (χ1) is 15.1. The van der Waals surface area contributed by atoms with E-state index < -0.39 is 11.4 Å². The molecule has 4 saturated carbocycles. The van der Waals surface area contributed by atoms with Crippen LogP contribution in [0.5, 0.6) is 0 Å². The molecule has 186 valence electrons. The SMILES string of the molecule is CC1(C)CC[C@]2(C(=O)O)CC[C@]3(C)C(=CC[C@H]4[C@@]5(C)CC[C@H](O)C(C)(C)[C@@H]5CC[C@]43C)[C@H]2C1. The van der Waals surface area contributed by atoms with Crippen molar-refractivity contribution in [2.24, 2.45) is 50.2 Å². The van der Waals surface area contributed by atoms with E-state index in [4.69, 9.17) is 0 Å². The van der Waals surface area contributed by atoms with Crippen molar-refractivity contribution >= 4 is 5.97 Å². The van der Waals surface area contributed by atoms with E-state index in [1.165, 1.54) is 18.4 Å². The Labute approximate surface area is 201 Å². The lowest BCUT2D eigenvalue weighted by Gasteiger charge is -2.71. The Kier molecular flexibility index (Phi) is 4.99. The van der Waals surface area contributed by atoms with Crippen LogP contribution in [0.2, 0.25) is 0 Å². The van der Waals surface area contributed by atoms with E-state index >= 15 is 0 Å². The van der Waals surface area contributed by atoms with Crippen molar-refractivity contribution in [1.29, 1.82) is 0 Å². The van der Waals surface area contributed by atoms with Crippen LogP contribution in [-0.4, -0.2) is 22.3 Å². The van der Waals surface area contributed by atoms with E-state index in [1.807, 2.05) is 0 Å². The largest absolute Gasteiger partial charge is 0.481 e. The molecule has 0 aromatic heterocycles. The lowest BCUT2D eigenvalue weighted by Crippen LogP contribution is -2.65. The van der Waals surface area contributed by atoms with Gasteiger partial charge in [0.05, 0.1) is 11.5 Å². The summed E-state index contributed by atoms with van der Waals surface area (Å²) in [6, 6.07) is 0. The summed E-state index contributed by atoms with van der Waals surface area (Å²) in [6.45, 7) is 16.9. The van der Waals surface area contributed by atoms with Gasteiger partial charge in [0, 0.05) is 0 Å². The van der Waals surface area contributed by atoms with Gasteiger partial charge in [0.2, 0.25) is 0 Å². The standard InChI is InChI=1S/C30H48O3/c1-25(2)14-16-30(24(32)33)17-15-28(6)19(20(30)18-25)8-9-22-27(5)12-11-23(31)26(3,4)21(27)10-13-29(22,28)7/h8,20-23,31H,9-18H2,1-7H3,(H,32,33)/t20-,21+,22+,23+,27+,28-,29-,30+/m1/s1. The van der Waals surface area contributed by atoms with Crippen LogP contribution in [-0.2, 0) is 4.79 Å². The van der Waals surface area contributed by atoms with Gasteiger partial charge in [-0.1, -0.05) is 60.1 Å². The highest BCUT2D eigenvalue weighted by Crippen LogP contribution is 2.75. The smallest absolute Gasteiger partial charge is 0.310 e. The molecule has 0 unspecified atom stereocenters. The van der Waals surface area contributed by atoms with Crippen molar-refractivity contribution in [3.63, 3.8) is 0 Å². The molecule has 2 N–H and O–H groups in total. The molecule has 0 spiro atoms. The van der Waals surface area contributed by atoms with Crippen LogP contribution in [0.15, 0.2) is 11.6 Å². The summed E-state index contributed by atoms with van der Waals surface area (Å²) in [4.78, 5) is 12.8. The molecule has 0 amide bonds. The fraction of sp³-hybridized carbons (Fsp3) is 0.900. The lowest BCUT2D eigenvalue weighted by atomic mass is 9.33. The normalized spacial score (nSPS) is 52.4. The Bertz CT molecular complexity index is 885. The van der Waals surface area contributed by atoms with Crippen LogP contribution in [0.25, 0.3) is 0 Å². The molecule has 33 heavy (non-hydrogen) atoms. The van der Waals surface area contributed by atoms with E-state index in [-0.39, 0.29) is 39.1 Å². The van der Waals surface area contributed by atoms with Crippen LogP contribution in [0.4, 0.5) is 0 Å². The number of allylic oxidation sites excluding steroid dienone is 2. The predicted molar refractivity (Wildman–Crippen MR) is 133 cm³/mol. The topological polar surface area (TPSA) is 57.5 Å². The highest BCUT2D eigenvalue weighted by Gasteiger charge is 2.69. The predicted octanol–water partition coefficient (Wildman–Crippen LogP) is 7.23. The monoisotopic (exact) mass is 456 g/mol. The molecule has 3 nitrogen and oxygen atoms in total. The van der Waals surface area contributed by atoms with E-state index in [9.17, 15) is 15.0 Å². The Morgan fingerprint density at radius 3 is 2.21 bits per heavy atom. The van der Waals surface area contributed by atoms with Crippen molar-refractivity contribution < 1.29 is 15.0 Å². The van der Waals surface area contributed by atoms with Gasteiger partial charge >= 0.3 is 5.97 Å². The number of aliphatic carboxylic acids is 1. The number of carboxylic acids is 1. The average Bonchev–Trinajstić information content (AvgIpc) is 2.71. The fourth-order valence-electron chi connectivity index (χ4n) is 10.6. The summed E-state index contributed by atoms with van der Waals surface area (Å²) < 4.78 is 0. The molecule has 8 atom stereocenters. The van der Waals surface area contributed by atoms with Crippen LogP contribution >= 0.6 is 0 Å². The molecule has 0 bridgehead atoms. The summed E-state index contributed by atoms with van der Waals surface area (Å²) in [5, 5.41) is 21.4. The Balaban J connectivity index is 1.60. The molecule has 5 rings (SSSR count). The maximum atomic E-state index is 12.8. The van der Waals surface area contributed by atoms with Crippen LogP contribution in [0.1, 0.15) is 113 Å². The quantitative estimate of drug-likeness (QED) is 0.409. The van der Waals surface area contributed by atoms with E-state index in [0.29, 0.717) is 11.8 Å². The van der Waals surface area contributed by atoms with Crippen LogP contribution < -0.4 is 0 Å². The fourth-order valence-corrected chi connectivity index (χ4v) is 10.6. The molecule has 0 aromatic rings. The summed E-state index contributed by atoms with van der Waals surface area (Å²) in [5.74, 6) is 0.807. The maximum Gasteiger partial charge on any atom is 0.310 e. The highest BCUT2D eigenvalue weighted by molar-refractivity contribution is 5.76. The Morgan fingerprint density at radius 2 is 1.55 bits per heavy atom. The number of hydrogen-bond donors (Lipinski definition) is 2. The third-order valence-electron chi connectivity index (χ3n) is 13.0. The number of fused-ring (bicyclic) bond motifs is 7. The number of carboxylic acid groups (broad SMARTS) is 1. The summed E-state index contributed by atoms with van der Waals surface area (Å²) in [5.41, 5.74) is 1.68. The number of hydrogen-bond acceptors (Lipinski definition) is 2. The van der Waals surface area contributed by atoms with E-state index in [1.54, 1.807) is 0 Å². The molecule has 0 aromatic carbocycles. The van der Waals surface area contributed by atoms with E-state index in [2.05, 4.69) is 54.5 Å². The van der Waals surface area contributed by atoms with Gasteiger partial charge in [0.25, 0.3) is 0 Å². The molecule has 4 fully saturated rings. The van der Waals surface area contributed by atoms with Gasteiger partial charge in [-0.05, 0) is 109 Å². The Morgan fingerprint density at radius 1 is 0.879 bits per heavy atom. The molecular weight excluding hydrogens is 408 g/mol. The van der Waals surface area contributed by atoms with Gasteiger partial charge in [0.15, 0.2) is 0 Å². The second-order valence-corrected chi connectivity index (χ2v) is 15.1. The second-order valence-electron chi connectivity index (χ2n) is 15.1. The minimum Gasteiger partial charge on any atom is -0.481 e. The summed E-state index contributed by atoms with van der Waals surface area (Å²) >= 11 is 0. The number of aliphatic hydroxyl groups is 1. The first-order valence-electron chi connectivity index (χ1n) is 13.8. The van der Waals surface area contributed by atoms with Crippen LogP contribution in [0, 0.1) is 50.2 Å². The van der Waals surface area contributed by atoms with Gasteiger partial charge in [-0.15, -0.1) is 0 Å². The zero-order chi connectivity index (χ0) is 24.2. The lowest BCUT2D eigenvalue weighted by molar-refractivity contribution is -0.205. The highest BCUT2D eigenvalue weighted by atomic mass is 16.4. The van der Waals surface area contributed by atoms with Gasteiger partial charge in [0.1, 0.15) is 0 Å². The molecule has 3 heteroatoms. The molecule has 0 radical (unpaired) electrons. The van der Waals surface area contributed by atoms with Gasteiger partial charge in [-0.3, -0.25) is 4.79 Å². The van der Waals surface area contributed by atoms with Crippen molar-refractivity contribution in [2.45, 2.75) is 119 Å². The average molecular weight is 457 g/mol. The Hall–Kier alpha value is -0.830. The zero-order valence-corrected chi connectivity index (χ0v) is 22.3. The third-order valence-corrected chi connectivity index (χ3v) is 13.0. The number of carbonyl (C=O) groups is 1. The number of rotatable bonds is 1. The zero-order valence-electron chi connectivity index (χ0n) is 22.3. The van der Waals surface area contributed by atoms with Crippen LogP contribution in [0.3, 0.4) is 0 Å². The minimum absolute atomic E-state index is 0.0301. The van der Waals surface area contributed by atoms with Gasteiger partial charge in [-0.25, -0.2) is 0 Å². The van der Waals surface area contributed by atoms with Crippen molar-refractivity contribution in [2.75, 3.05) is 0 Å². The molecule has 0 aliphatic heterocycles. The van der Waals surface area contributed by atoms with Gasteiger partial charge in [-0.2, -0.15) is 0 Å². The van der Waals surface area contributed by atoms with Gasteiger partial charge < -0.3 is 10.2 Å². The van der Waals surface area contributed by atoms with Crippen molar-refractivity contribution in [1.82, 2.24) is 0 Å². The number of aliphatic hydroxyl groups excluding tert-OH is 1. The maximum absolute atomic E-state index is 12.8. The minimum atomic E-state index is -0.553. The molecule has 0 saturated heterocycles. The molecule has 5 aliphatic carbocycles. The summed E-state index contributed by atoms with van der Waals surface area (Å²) in [7, 11) is 0. The summed E-state index contributed by atoms with van der Waals surface area (Å²) in [6.07, 6.45) is 12.6. The van der Waals surface area contributed by atoms with Crippen molar-refractivity contribution in [3.8, 4) is 0 Å². The first kappa shape index (κ1) is 23.9. The molecule has 0 heterocycles. The first-order valence-corrected chi connectivity index (χ1v) is 13.8. The molecular formula is C30H48O3. The molecule has 5 aliphatic rings. The second kappa shape index (κ2) is 6.89.